The van der Waals surface area contributed by atoms with Gasteiger partial charge in [-0.15, -0.1) is 0 Å². The lowest BCUT2D eigenvalue weighted by atomic mass is 10.0. The van der Waals surface area contributed by atoms with Crippen molar-refractivity contribution in [3.8, 4) is 0 Å². The number of hydrogen-bond donors (Lipinski definition) is 1. The van der Waals surface area contributed by atoms with Crippen LogP contribution in [0.25, 0.3) is 0 Å². The average molecular weight is 340 g/mol. The van der Waals surface area contributed by atoms with Gasteiger partial charge in [-0.2, -0.15) is 4.31 Å². The fourth-order valence-corrected chi connectivity index (χ4v) is 4.64. The third-order valence-corrected chi connectivity index (χ3v) is 6.84. The van der Waals surface area contributed by atoms with Crippen molar-refractivity contribution >= 4 is 10.0 Å². The summed E-state index contributed by atoms with van der Waals surface area (Å²) in [5, 5.41) is 0. The van der Waals surface area contributed by atoms with Gasteiger partial charge < -0.3 is 4.90 Å². The molecule has 23 heavy (non-hydrogen) atoms. The lowest BCUT2D eigenvalue weighted by Crippen LogP contribution is -3.13. The number of nitrogens with one attached hydrogen (secondary N) is 1. The molecule has 2 rings (SSSR count). The molecule has 1 N–H and O–H groups in total. The summed E-state index contributed by atoms with van der Waals surface area (Å²) in [6, 6.07) is 7.75. The van der Waals surface area contributed by atoms with Crippen molar-refractivity contribution in [2.24, 2.45) is 5.92 Å². The Kier molecular flexibility index (Phi) is 6.23. The topological polar surface area (TPSA) is 41.8 Å². The van der Waals surface area contributed by atoms with E-state index in [-0.39, 0.29) is 0 Å². The lowest BCUT2D eigenvalue weighted by molar-refractivity contribution is -0.907. The number of quaternary nitrogens is 1. The second kappa shape index (κ2) is 7.77. The van der Waals surface area contributed by atoms with Gasteiger partial charge in [0.1, 0.15) is 0 Å². The maximum absolute atomic E-state index is 12.7. The van der Waals surface area contributed by atoms with E-state index in [4.69, 9.17) is 0 Å². The highest BCUT2D eigenvalue weighted by Crippen LogP contribution is 2.20. The molecule has 0 aliphatic carbocycles. The van der Waals surface area contributed by atoms with Crippen LogP contribution in [0.15, 0.2) is 29.2 Å². The summed E-state index contributed by atoms with van der Waals surface area (Å²) in [5.41, 5.74) is 1.08. The van der Waals surface area contributed by atoms with Gasteiger partial charge in [0.15, 0.2) is 0 Å². The highest BCUT2D eigenvalue weighted by Gasteiger charge is 2.32. The molecule has 0 bridgehead atoms. The molecule has 0 amide bonds. The van der Waals surface area contributed by atoms with E-state index in [1.165, 1.54) is 13.0 Å². The summed E-state index contributed by atoms with van der Waals surface area (Å²) in [6.07, 6.45) is 3.14. The zero-order valence-corrected chi connectivity index (χ0v) is 15.7. The third kappa shape index (κ3) is 4.78. The van der Waals surface area contributed by atoms with Gasteiger partial charge in [-0.25, -0.2) is 8.42 Å². The van der Waals surface area contributed by atoms with E-state index in [1.807, 2.05) is 19.1 Å². The van der Waals surface area contributed by atoms with Crippen LogP contribution in [0.5, 0.6) is 0 Å². The van der Waals surface area contributed by atoms with Gasteiger partial charge in [0, 0.05) is 25.9 Å². The largest absolute Gasteiger partial charge is 0.335 e. The number of sulfonamides is 1. The zero-order valence-electron chi connectivity index (χ0n) is 14.9. The first-order valence-electron chi connectivity index (χ1n) is 8.70. The quantitative estimate of drug-likeness (QED) is 0.857. The van der Waals surface area contributed by atoms with Crippen molar-refractivity contribution in [3.05, 3.63) is 29.8 Å². The van der Waals surface area contributed by atoms with Crippen molar-refractivity contribution in [1.82, 2.24) is 4.31 Å². The van der Waals surface area contributed by atoms with Gasteiger partial charge in [-0.1, -0.05) is 31.5 Å². The van der Waals surface area contributed by atoms with Crippen LogP contribution in [-0.2, 0) is 10.0 Å². The Morgan fingerprint density at radius 1 is 1.17 bits per heavy atom. The Morgan fingerprint density at radius 2 is 1.74 bits per heavy atom. The Hall–Kier alpha value is -0.910. The summed E-state index contributed by atoms with van der Waals surface area (Å²) in [4.78, 5) is 1.97. The van der Waals surface area contributed by atoms with Gasteiger partial charge in [0.25, 0.3) is 0 Å². The molecule has 0 aromatic heterocycles. The van der Waals surface area contributed by atoms with Crippen LogP contribution in [0.1, 0.15) is 38.7 Å². The van der Waals surface area contributed by atoms with E-state index in [9.17, 15) is 8.42 Å². The van der Waals surface area contributed by atoms with E-state index >= 15 is 0 Å². The predicted molar refractivity (Wildman–Crippen MR) is 94.2 cm³/mol. The molecule has 1 aliphatic rings. The van der Waals surface area contributed by atoms with Crippen LogP contribution < -0.4 is 4.90 Å². The minimum absolute atomic E-state index is 0.419. The molecular weight excluding hydrogens is 308 g/mol. The summed E-state index contributed by atoms with van der Waals surface area (Å²) in [5.74, 6) is 0.729. The Morgan fingerprint density at radius 3 is 2.26 bits per heavy atom. The fourth-order valence-electron chi connectivity index (χ4n) is 3.17. The molecule has 130 valence electrons. The standard InChI is InChI=1S/C18H30N2O2S/c1-15(2)9-12-19(4)17-10-13-20(14-11-17)23(21,22)18-7-5-16(3)6-8-18/h5-8,15,17H,9-14H2,1-4H3/p+1. The molecule has 1 fully saturated rings. The molecule has 1 heterocycles. The minimum atomic E-state index is -3.33. The number of nitrogens with zero attached hydrogens (tertiary/aromatic N) is 1. The SMILES string of the molecule is Cc1ccc(S(=O)(=O)N2CCC([NH+](C)CCC(C)C)CC2)cc1. The molecule has 1 atom stereocenters. The van der Waals surface area contributed by atoms with Crippen LogP contribution in [0.3, 0.4) is 0 Å². The molecule has 0 saturated carbocycles. The third-order valence-electron chi connectivity index (χ3n) is 4.93. The number of piperidine rings is 1. The fraction of sp³-hybridized carbons (Fsp3) is 0.667. The first-order valence-corrected chi connectivity index (χ1v) is 10.1. The van der Waals surface area contributed by atoms with Crippen molar-refractivity contribution in [1.29, 1.82) is 0 Å². The smallest absolute Gasteiger partial charge is 0.243 e. The Labute approximate surface area is 141 Å². The molecule has 1 unspecified atom stereocenters. The van der Waals surface area contributed by atoms with Crippen molar-refractivity contribution < 1.29 is 13.3 Å². The zero-order chi connectivity index (χ0) is 17.0. The second-order valence-electron chi connectivity index (χ2n) is 7.27. The maximum atomic E-state index is 12.7. The van der Waals surface area contributed by atoms with Crippen LogP contribution in [0, 0.1) is 12.8 Å². The van der Waals surface area contributed by atoms with Crippen molar-refractivity contribution in [2.75, 3.05) is 26.7 Å². The lowest BCUT2D eigenvalue weighted by Gasteiger charge is -2.34. The van der Waals surface area contributed by atoms with E-state index in [0.717, 1.165) is 24.3 Å². The summed E-state index contributed by atoms with van der Waals surface area (Å²) in [6.45, 7) is 8.93. The molecule has 0 spiro atoms. The van der Waals surface area contributed by atoms with Gasteiger partial charge in [0.05, 0.1) is 24.5 Å². The Balaban J connectivity index is 1.94. The van der Waals surface area contributed by atoms with E-state index < -0.39 is 10.0 Å². The number of hydrogen-bond acceptors (Lipinski definition) is 2. The van der Waals surface area contributed by atoms with Crippen molar-refractivity contribution in [3.63, 3.8) is 0 Å². The van der Waals surface area contributed by atoms with Gasteiger partial charge in [-0.3, -0.25) is 0 Å². The summed E-state index contributed by atoms with van der Waals surface area (Å²) in [7, 11) is -1.08. The first kappa shape index (κ1) is 18.4. The van der Waals surface area contributed by atoms with Crippen LogP contribution >= 0.6 is 0 Å². The Bertz CT molecular complexity index is 588. The van der Waals surface area contributed by atoms with Crippen LogP contribution in [0.4, 0.5) is 0 Å². The molecule has 1 aliphatic heterocycles. The van der Waals surface area contributed by atoms with Gasteiger partial charge >= 0.3 is 0 Å². The summed E-state index contributed by atoms with van der Waals surface area (Å²) >= 11 is 0. The average Bonchev–Trinajstić information content (AvgIpc) is 2.53. The van der Waals surface area contributed by atoms with E-state index in [1.54, 1.807) is 21.3 Å². The molecular formula is C18H31N2O2S+. The molecule has 1 aromatic carbocycles. The highest BCUT2D eigenvalue weighted by molar-refractivity contribution is 7.89. The maximum Gasteiger partial charge on any atom is 0.243 e. The molecule has 1 aromatic rings. The number of benzene rings is 1. The van der Waals surface area contributed by atoms with Crippen LogP contribution in [0.2, 0.25) is 0 Å². The van der Waals surface area contributed by atoms with Crippen LogP contribution in [-0.4, -0.2) is 45.4 Å². The highest BCUT2D eigenvalue weighted by atomic mass is 32.2. The molecule has 1 saturated heterocycles. The normalized spacial score (nSPS) is 19.2. The number of rotatable bonds is 6. The molecule has 5 heteroatoms. The van der Waals surface area contributed by atoms with Gasteiger partial charge in [0.2, 0.25) is 10.0 Å². The number of aryl methyl sites for hydroxylation is 1. The van der Waals surface area contributed by atoms with E-state index in [2.05, 4.69) is 20.9 Å². The monoisotopic (exact) mass is 339 g/mol. The van der Waals surface area contributed by atoms with E-state index in [0.29, 0.717) is 24.0 Å². The van der Waals surface area contributed by atoms with Crippen molar-refractivity contribution in [2.45, 2.75) is 51.0 Å². The second-order valence-corrected chi connectivity index (χ2v) is 9.21. The predicted octanol–water partition coefficient (Wildman–Crippen LogP) is 1.71. The van der Waals surface area contributed by atoms with Gasteiger partial charge in [-0.05, 0) is 31.4 Å². The minimum Gasteiger partial charge on any atom is -0.335 e. The first-order chi connectivity index (χ1) is 10.8. The molecule has 4 nitrogen and oxygen atoms in total. The molecule has 0 radical (unpaired) electrons. The summed E-state index contributed by atoms with van der Waals surface area (Å²) < 4.78 is 27.1.